The number of benzene rings is 3. The molecule has 1 heterocycles. The Bertz CT molecular complexity index is 939. The topological polar surface area (TPSA) is 37.0 Å². The lowest BCUT2D eigenvalue weighted by Gasteiger charge is -2.36. The summed E-state index contributed by atoms with van der Waals surface area (Å²) in [6.07, 6.45) is 1.03. The fraction of sp³-hybridized carbons (Fsp3) is 0.333. The van der Waals surface area contributed by atoms with E-state index < -0.39 is 0 Å². The van der Waals surface area contributed by atoms with Gasteiger partial charge in [0.1, 0.15) is 11.5 Å². The van der Waals surface area contributed by atoms with Gasteiger partial charge in [-0.25, -0.2) is 0 Å². The van der Waals surface area contributed by atoms with Crippen LogP contribution in [-0.2, 0) is 6.54 Å². The molecule has 1 aliphatic rings. The van der Waals surface area contributed by atoms with Crippen LogP contribution in [0.15, 0.2) is 78.9 Å². The highest BCUT2D eigenvalue weighted by Gasteiger charge is 2.19. The number of rotatable bonds is 10. The van der Waals surface area contributed by atoms with Gasteiger partial charge in [-0.3, -0.25) is 4.90 Å². The highest BCUT2D eigenvalue weighted by Crippen LogP contribution is 2.28. The Balaban J connectivity index is 1.13. The summed E-state index contributed by atoms with van der Waals surface area (Å²) < 4.78 is 11.5. The first-order valence-electron chi connectivity index (χ1n) is 11.4. The smallest absolute Gasteiger partial charge is 0.142 e. The summed E-state index contributed by atoms with van der Waals surface area (Å²) >= 11 is 0. The zero-order valence-corrected chi connectivity index (χ0v) is 18.9. The van der Waals surface area contributed by atoms with Crippen LogP contribution in [0.25, 0.3) is 0 Å². The molecule has 0 unspecified atom stereocenters. The van der Waals surface area contributed by atoms with Crippen molar-refractivity contribution in [2.24, 2.45) is 0 Å². The number of methoxy groups -OCH3 is 1. The molecule has 1 N–H and O–H groups in total. The van der Waals surface area contributed by atoms with Gasteiger partial charge < -0.3 is 19.7 Å². The number of hydrogen-bond donors (Lipinski definition) is 1. The van der Waals surface area contributed by atoms with E-state index in [1.807, 2.05) is 30.3 Å². The van der Waals surface area contributed by atoms with Crippen LogP contribution in [0.1, 0.15) is 12.0 Å². The average molecular weight is 432 g/mol. The molecule has 1 aliphatic heterocycles. The zero-order chi connectivity index (χ0) is 22.0. The van der Waals surface area contributed by atoms with E-state index in [0.717, 1.165) is 69.5 Å². The number of nitrogens with one attached hydrogen (secondary N) is 1. The molecule has 32 heavy (non-hydrogen) atoms. The SMILES string of the molecule is COc1ccccc1N1CCN(CCCOc2ccc(NCc3ccccc3)cc2)CC1. The molecule has 1 fully saturated rings. The molecule has 0 aliphatic carbocycles. The molecule has 0 bridgehead atoms. The molecule has 0 spiro atoms. The monoisotopic (exact) mass is 431 g/mol. The molecule has 0 atom stereocenters. The Hall–Kier alpha value is -3.18. The molecule has 0 amide bonds. The number of para-hydroxylation sites is 2. The lowest BCUT2D eigenvalue weighted by molar-refractivity contribution is 0.224. The van der Waals surface area contributed by atoms with Crippen molar-refractivity contribution in [2.75, 3.05) is 56.7 Å². The molecule has 3 aromatic carbocycles. The summed E-state index contributed by atoms with van der Waals surface area (Å²) in [5, 5.41) is 3.45. The summed E-state index contributed by atoms with van der Waals surface area (Å²) in [5.74, 6) is 1.88. The summed E-state index contributed by atoms with van der Waals surface area (Å²) in [6, 6.07) is 26.9. The van der Waals surface area contributed by atoms with Gasteiger partial charge in [0.15, 0.2) is 0 Å². The van der Waals surface area contributed by atoms with Gasteiger partial charge in [0.05, 0.1) is 19.4 Å². The van der Waals surface area contributed by atoms with Crippen LogP contribution < -0.4 is 19.7 Å². The van der Waals surface area contributed by atoms with Crippen molar-refractivity contribution in [3.63, 3.8) is 0 Å². The number of piperazine rings is 1. The lowest BCUT2D eigenvalue weighted by atomic mass is 10.2. The number of nitrogens with zero attached hydrogens (tertiary/aromatic N) is 2. The molecule has 0 aromatic heterocycles. The van der Waals surface area contributed by atoms with Crippen LogP contribution in [0.4, 0.5) is 11.4 Å². The molecular weight excluding hydrogens is 398 g/mol. The highest BCUT2D eigenvalue weighted by atomic mass is 16.5. The second kappa shape index (κ2) is 11.4. The van der Waals surface area contributed by atoms with Crippen LogP contribution >= 0.6 is 0 Å². The first-order chi connectivity index (χ1) is 15.8. The van der Waals surface area contributed by atoms with E-state index in [0.29, 0.717) is 0 Å². The van der Waals surface area contributed by atoms with Gasteiger partial charge in [0, 0.05) is 45.0 Å². The maximum absolute atomic E-state index is 5.95. The molecule has 0 radical (unpaired) electrons. The van der Waals surface area contributed by atoms with Gasteiger partial charge in [-0.1, -0.05) is 42.5 Å². The number of ether oxygens (including phenoxy) is 2. The Morgan fingerprint density at radius 2 is 1.53 bits per heavy atom. The highest BCUT2D eigenvalue weighted by molar-refractivity contribution is 5.58. The molecule has 5 heteroatoms. The molecule has 168 valence electrons. The van der Waals surface area contributed by atoms with Gasteiger partial charge >= 0.3 is 0 Å². The summed E-state index contributed by atoms with van der Waals surface area (Å²) in [5.41, 5.74) is 3.57. The Morgan fingerprint density at radius 3 is 2.28 bits per heavy atom. The fourth-order valence-corrected chi connectivity index (χ4v) is 4.05. The predicted octanol–water partition coefficient (Wildman–Crippen LogP) is 4.90. The van der Waals surface area contributed by atoms with E-state index in [2.05, 4.69) is 63.6 Å². The molecular formula is C27H33N3O2. The maximum Gasteiger partial charge on any atom is 0.142 e. The Morgan fingerprint density at radius 1 is 0.812 bits per heavy atom. The van der Waals surface area contributed by atoms with Crippen molar-refractivity contribution < 1.29 is 9.47 Å². The first kappa shape index (κ1) is 22.0. The van der Waals surface area contributed by atoms with Crippen molar-refractivity contribution in [3.8, 4) is 11.5 Å². The Kier molecular flexibility index (Phi) is 7.88. The van der Waals surface area contributed by atoms with Crippen LogP contribution in [0, 0.1) is 0 Å². The second-order valence-corrected chi connectivity index (χ2v) is 8.07. The second-order valence-electron chi connectivity index (χ2n) is 8.07. The van der Waals surface area contributed by atoms with Gasteiger partial charge in [-0.05, 0) is 48.4 Å². The maximum atomic E-state index is 5.95. The normalized spacial score (nSPS) is 14.2. The third kappa shape index (κ3) is 6.17. The van der Waals surface area contributed by atoms with E-state index in [9.17, 15) is 0 Å². The largest absolute Gasteiger partial charge is 0.495 e. The summed E-state index contributed by atoms with van der Waals surface area (Å²) in [7, 11) is 1.74. The Labute approximate surface area is 191 Å². The predicted molar refractivity (Wildman–Crippen MR) is 132 cm³/mol. The zero-order valence-electron chi connectivity index (χ0n) is 18.9. The van der Waals surface area contributed by atoms with Gasteiger partial charge in [-0.2, -0.15) is 0 Å². The first-order valence-corrected chi connectivity index (χ1v) is 11.4. The van der Waals surface area contributed by atoms with E-state index >= 15 is 0 Å². The molecule has 1 saturated heterocycles. The molecule has 3 aromatic rings. The minimum Gasteiger partial charge on any atom is -0.495 e. The van der Waals surface area contributed by atoms with E-state index in [4.69, 9.17) is 9.47 Å². The van der Waals surface area contributed by atoms with Crippen LogP contribution in [0.5, 0.6) is 11.5 Å². The quantitative estimate of drug-likeness (QED) is 0.462. The van der Waals surface area contributed by atoms with Crippen LogP contribution in [0.3, 0.4) is 0 Å². The van der Waals surface area contributed by atoms with Crippen molar-refractivity contribution in [1.82, 2.24) is 4.90 Å². The fourth-order valence-electron chi connectivity index (χ4n) is 4.05. The summed E-state index contributed by atoms with van der Waals surface area (Å²) in [6.45, 7) is 6.82. The lowest BCUT2D eigenvalue weighted by Crippen LogP contribution is -2.46. The van der Waals surface area contributed by atoms with E-state index in [1.54, 1.807) is 7.11 Å². The van der Waals surface area contributed by atoms with Gasteiger partial charge in [-0.15, -0.1) is 0 Å². The third-order valence-corrected chi connectivity index (χ3v) is 5.88. The van der Waals surface area contributed by atoms with Crippen LogP contribution in [0.2, 0.25) is 0 Å². The average Bonchev–Trinajstić information content (AvgIpc) is 2.87. The molecule has 5 nitrogen and oxygen atoms in total. The van der Waals surface area contributed by atoms with Gasteiger partial charge in [0.25, 0.3) is 0 Å². The van der Waals surface area contributed by atoms with Crippen molar-refractivity contribution in [2.45, 2.75) is 13.0 Å². The van der Waals surface area contributed by atoms with Crippen molar-refractivity contribution in [3.05, 3.63) is 84.4 Å². The minimum atomic E-state index is 0.740. The van der Waals surface area contributed by atoms with Gasteiger partial charge in [0.2, 0.25) is 0 Å². The standard InChI is InChI=1S/C27H33N3O2/c1-31-27-11-6-5-10-26(27)30-19-17-29(18-20-30)16-7-21-32-25-14-12-24(13-15-25)28-22-23-8-3-2-4-9-23/h2-6,8-15,28H,7,16-22H2,1H3. The minimum absolute atomic E-state index is 0.740. The molecule has 4 rings (SSSR count). The van der Waals surface area contributed by atoms with E-state index in [-0.39, 0.29) is 0 Å². The van der Waals surface area contributed by atoms with Crippen molar-refractivity contribution in [1.29, 1.82) is 0 Å². The number of hydrogen-bond acceptors (Lipinski definition) is 5. The van der Waals surface area contributed by atoms with Crippen molar-refractivity contribution >= 4 is 11.4 Å². The third-order valence-electron chi connectivity index (χ3n) is 5.88. The molecule has 0 saturated carbocycles. The summed E-state index contributed by atoms with van der Waals surface area (Å²) in [4.78, 5) is 4.94. The van der Waals surface area contributed by atoms with E-state index in [1.165, 1.54) is 11.3 Å². The van der Waals surface area contributed by atoms with Crippen LogP contribution in [-0.4, -0.2) is 51.3 Å². The number of anilines is 2.